The Hall–Kier alpha value is -12.2. The van der Waals surface area contributed by atoms with Crippen molar-refractivity contribution in [2.45, 2.75) is 107 Å². The Bertz CT molecular complexity index is 5910. The second-order valence-corrected chi connectivity index (χ2v) is 31.2. The molecule has 15 heterocycles. The molecule has 604 valence electrons. The van der Waals surface area contributed by atoms with Gasteiger partial charge in [-0.25, -0.2) is 47.9 Å². The van der Waals surface area contributed by atoms with Crippen LogP contribution in [0.3, 0.4) is 0 Å². The number of carboxylic acid groups (broad SMARTS) is 1. The average Bonchev–Trinajstić information content (AvgIpc) is 1.62. The van der Waals surface area contributed by atoms with E-state index in [0.717, 1.165) is 168 Å². The largest absolute Gasteiger partial charge is 0.477 e. The highest BCUT2D eigenvalue weighted by Gasteiger charge is 2.34. The van der Waals surface area contributed by atoms with Crippen LogP contribution in [0.1, 0.15) is 118 Å². The molecule has 3 saturated carbocycles. The summed E-state index contributed by atoms with van der Waals surface area (Å²) in [5, 5.41) is 35.5. The Morgan fingerprint density at radius 2 is 0.829 bits per heavy atom. The fourth-order valence-electron chi connectivity index (χ4n) is 16.2. The molecule has 0 radical (unpaired) electrons. The first-order valence-corrected chi connectivity index (χ1v) is 40.3. The molecule has 6 fully saturated rings. The molecule has 6 aliphatic rings. The molecule has 14 aromatic rings. The number of benzene rings is 2. The molecule has 0 bridgehead atoms. The number of carbonyl (C=O) groups is 3. The van der Waals surface area contributed by atoms with Crippen LogP contribution in [0.5, 0.6) is 0 Å². The summed E-state index contributed by atoms with van der Waals surface area (Å²) in [5.74, 6) is 0.925. The molecule has 31 heteroatoms. The zero-order chi connectivity index (χ0) is 80.4. The van der Waals surface area contributed by atoms with Crippen molar-refractivity contribution in [1.82, 2.24) is 97.8 Å². The maximum absolute atomic E-state index is 13.2. The van der Waals surface area contributed by atoms with Gasteiger partial charge in [-0.1, -0.05) is 60.7 Å². The van der Waals surface area contributed by atoms with E-state index in [0.29, 0.717) is 66.9 Å². The lowest BCUT2D eigenvalue weighted by Gasteiger charge is -2.21. The fourth-order valence-corrected chi connectivity index (χ4v) is 16.2. The maximum atomic E-state index is 13.2. The first-order chi connectivity index (χ1) is 57.2. The second kappa shape index (κ2) is 33.9. The van der Waals surface area contributed by atoms with Crippen LogP contribution in [-0.2, 0) is 13.1 Å². The van der Waals surface area contributed by atoms with Crippen molar-refractivity contribution < 1.29 is 32.7 Å². The Morgan fingerprint density at radius 1 is 0.470 bits per heavy atom. The van der Waals surface area contributed by atoms with E-state index in [1.54, 1.807) is 38.3 Å². The van der Waals surface area contributed by atoms with Gasteiger partial charge < -0.3 is 50.3 Å². The summed E-state index contributed by atoms with van der Waals surface area (Å²) in [4.78, 5) is 77.5. The smallest absolute Gasteiger partial charge is 0.341 e. The first kappa shape index (κ1) is 77.4. The van der Waals surface area contributed by atoms with E-state index < -0.39 is 5.97 Å². The highest BCUT2D eigenvalue weighted by Crippen LogP contribution is 2.40. The molecule has 20 rings (SSSR count). The third-order valence-electron chi connectivity index (χ3n) is 22.8. The number of carboxylic acids is 1. The number of fused-ring (bicyclic) bond motifs is 6. The van der Waals surface area contributed by atoms with E-state index in [2.05, 4.69) is 123 Å². The molecule has 0 unspecified atom stereocenters. The van der Waals surface area contributed by atoms with Gasteiger partial charge in [0.05, 0.1) is 35.7 Å². The van der Waals surface area contributed by atoms with E-state index in [9.17, 15) is 32.7 Å². The van der Waals surface area contributed by atoms with Crippen LogP contribution in [0.4, 0.5) is 30.6 Å². The number of nitrogens with zero attached hydrogens (tertiary/aromatic N) is 20. The van der Waals surface area contributed by atoms with Gasteiger partial charge in [0.25, 0.3) is 11.8 Å². The van der Waals surface area contributed by atoms with E-state index in [4.69, 9.17) is 25.7 Å². The van der Waals surface area contributed by atoms with E-state index in [-0.39, 0.29) is 73.3 Å². The van der Waals surface area contributed by atoms with Gasteiger partial charge in [-0.15, -0.1) is 0 Å². The normalized spacial score (nSPS) is 17.6. The Balaban J connectivity index is 0.000000123. The minimum atomic E-state index is -1.08. The maximum Gasteiger partial charge on any atom is 0.341 e. The number of amides is 2. The van der Waals surface area contributed by atoms with Crippen molar-refractivity contribution in [2.75, 3.05) is 115 Å². The Morgan fingerprint density at radius 3 is 1.19 bits per heavy atom. The standard InChI is InChI=1S/C31H33FN8O.C28H28FN7O2.C24H27FN8O.C3H7N/c1-37(18-21-6-3-2-4-7-21)28-16-27(36-30-25(17-34-40(28)30)31(41)35-22-9-10-22)26-20-39(29-24(26)8-5-13-33-29)23-11-14-38(19-23)15-12-32;1-33(16-19-6-3-2-4-7-19)25-14-24(32-27-22(28(37)38)15-31-36(25)27)23-18-35(26-21(23)8-5-11-30-26)20-9-12-34(17-20)13-10-29;1-26-21-11-20(30-23-18(12-28-33(21)23)24(34)29-15-4-5-15)19-14-32(22-17(19)3-2-8-27-22)16-6-9-31(13-16)10-7-25;4-3-1-2-3/h2-8,13,16-17,20,22-23H,9-12,14-15,18-19H2,1H3,(H,35,41);2-8,11,14-15,18,20H,9-10,12-13,16-17H2,1H3,(H,37,38);2-3,8,11-12,14-16,26H,4-7,9-10,13H2,1H3,(H,29,34);3H,1-2,4H2/t23-;20-;16-;/m111./s1. The summed E-state index contributed by atoms with van der Waals surface area (Å²) in [7, 11) is 5.81. The number of nitrogens with two attached hydrogens (primary N) is 1. The van der Waals surface area contributed by atoms with Crippen molar-refractivity contribution in [2.24, 2.45) is 5.73 Å². The average molecular weight is 1590 g/mol. The Labute approximate surface area is 673 Å². The number of pyridine rings is 3. The lowest BCUT2D eigenvalue weighted by Crippen LogP contribution is -2.25. The van der Waals surface area contributed by atoms with Gasteiger partial charge in [-0.3, -0.25) is 24.3 Å². The van der Waals surface area contributed by atoms with Gasteiger partial charge >= 0.3 is 5.97 Å². The van der Waals surface area contributed by atoms with Gasteiger partial charge in [-0.05, 0) is 105 Å². The van der Waals surface area contributed by atoms with E-state index >= 15 is 0 Å². The predicted molar refractivity (Wildman–Crippen MR) is 445 cm³/mol. The van der Waals surface area contributed by atoms with Gasteiger partial charge in [0.1, 0.15) is 71.1 Å². The van der Waals surface area contributed by atoms with Crippen LogP contribution in [0.15, 0.2) is 171 Å². The molecule has 3 aliphatic heterocycles. The summed E-state index contributed by atoms with van der Waals surface area (Å²) in [6.45, 7) is 6.52. The molecular weight excluding hydrogens is 1490 g/mol. The molecule has 28 nitrogen and oxygen atoms in total. The van der Waals surface area contributed by atoms with Crippen LogP contribution in [0.2, 0.25) is 0 Å². The van der Waals surface area contributed by atoms with Crippen LogP contribution in [-0.4, -0.2) is 228 Å². The first-order valence-electron chi connectivity index (χ1n) is 40.3. The molecule has 2 amide bonds. The number of aromatic nitrogens is 15. The van der Waals surface area contributed by atoms with Gasteiger partial charge in [0, 0.05) is 218 Å². The van der Waals surface area contributed by atoms with Gasteiger partial charge in [-0.2, -0.15) is 28.8 Å². The third-order valence-corrected chi connectivity index (χ3v) is 22.8. The van der Waals surface area contributed by atoms with Crippen molar-refractivity contribution in [1.29, 1.82) is 0 Å². The number of aromatic carboxylic acids is 1. The number of nitrogens with one attached hydrogen (secondary N) is 3. The second-order valence-electron chi connectivity index (χ2n) is 31.2. The number of hydrogen-bond acceptors (Lipinski definition) is 19. The van der Waals surface area contributed by atoms with Gasteiger partial charge in [0.2, 0.25) is 0 Å². The number of halogens is 3. The molecule has 12 aromatic heterocycles. The van der Waals surface area contributed by atoms with Crippen molar-refractivity contribution >= 4 is 85.3 Å². The fraction of sp³-hybridized carbons (Fsp3) is 0.372. The van der Waals surface area contributed by atoms with Gasteiger partial charge in [0.15, 0.2) is 16.9 Å². The molecule has 6 N–H and O–H groups in total. The highest BCUT2D eigenvalue weighted by atomic mass is 19.1. The number of alkyl halides is 3. The minimum Gasteiger partial charge on any atom is -0.477 e. The molecule has 3 atom stereocenters. The summed E-state index contributed by atoms with van der Waals surface area (Å²) < 4.78 is 50.5. The summed E-state index contributed by atoms with van der Waals surface area (Å²) >= 11 is 0. The summed E-state index contributed by atoms with van der Waals surface area (Å²) in [6.07, 6.45) is 25.5. The number of rotatable bonds is 24. The summed E-state index contributed by atoms with van der Waals surface area (Å²) in [6, 6.07) is 39.8. The zero-order valence-electron chi connectivity index (χ0n) is 65.7. The predicted octanol–water partition coefficient (Wildman–Crippen LogP) is 11.8. The molecular formula is C86H95F3N24O4. The van der Waals surface area contributed by atoms with Crippen molar-refractivity contribution in [3.8, 4) is 33.8 Å². The lowest BCUT2D eigenvalue weighted by atomic mass is 10.1. The monoisotopic (exact) mass is 1580 g/mol. The van der Waals surface area contributed by atoms with Crippen LogP contribution >= 0.6 is 0 Å². The minimum absolute atomic E-state index is 0.0423. The number of hydrogen-bond donors (Lipinski definition) is 5. The van der Waals surface area contributed by atoms with E-state index in [1.165, 1.54) is 24.6 Å². The summed E-state index contributed by atoms with van der Waals surface area (Å²) in [5.41, 5.74) is 17.3. The van der Waals surface area contributed by atoms with Crippen LogP contribution < -0.4 is 31.5 Å². The molecule has 117 heavy (non-hydrogen) atoms. The molecule has 2 aromatic carbocycles. The highest BCUT2D eigenvalue weighted by molar-refractivity contribution is 6.03. The van der Waals surface area contributed by atoms with Crippen molar-refractivity contribution in [3.05, 3.63) is 199 Å². The van der Waals surface area contributed by atoms with Crippen LogP contribution in [0.25, 0.3) is 83.8 Å². The topological polar surface area (TPSA) is 294 Å². The Kier molecular flexibility index (Phi) is 22.4. The number of carbonyl (C=O) groups excluding carboxylic acids is 2. The van der Waals surface area contributed by atoms with Crippen molar-refractivity contribution in [3.63, 3.8) is 0 Å². The number of likely N-dealkylation sites (tertiary alicyclic amines) is 3. The molecule has 3 aliphatic carbocycles. The van der Waals surface area contributed by atoms with Crippen LogP contribution in [0, 0.1) is 0 Å². The third kappa shape index (κ3) is 16.6. The zero-order valence-corrected chi connectivity index (χ0v) is 65.7. The molecule has 0 spiro atoms. The SMILES string of the molecule is CN(Cc1ccccc1)c1cc(-c2cn([C@@H]3CCN(CCF)C3)c3ncccc23)nc2c(C(=O)NC3CC3)cnn12.CN(Cc1ccccc1)c1cc(-c2cn([C@@H]3CCN(CCF)C3)c3ncccc23)nc2c(C(=O)O)cnn12.CNc1cc(-c2cn([C@@H]3CCN(CCF)C3)c3ncccc23)nc2c(C(=O)NC3CC3)cnn12.NC1CC1. The molecule has 3 saturated heterocycles. The quantitative estimate of drug-likeness (QED) is 0.0375. The number of anilines is 3. The lowest BCUT2D eigenvalue weighted by molar-refractivity contribution is 0.0698. The van der Waals surface area contributed by atoms with E-state index in [1.807, 2.05) is 117 Å².